The van der Waals surface area contributed by atoms with E-state index >= 15 is 0 Å². The van der Waals surface area contributed by atoms with Gasteiger partial charge in [-0.05, 0) is 31.2 Å². The predicted molar refractivity (Wildman–Crippen MR) is 104 cm³/mol. The number of hydrogen-bond acceptors (Lipinski definition) is 3. The third kappa shape index (κ3) is 3.30. The smallest absolute Gasteiger partial charge is 0.309 e. The second-order valence-corrected chi connectivity index (χ2v) is 8.13. The van der Waals surface area contributed by atoms with E-state index in [0.717, 1.165) is 25.7 Å². The molecule has 2 fully saturated rings. The Hall–Kier alpha value is -2.10. The number of carbonyl (C=O) groups excluding carboxylic acids is 2. The lowest BCUT2D eigenvalue weighted by Crippen LogP contribution is -2.62. The lowest BCUT2D eigenvalue weighted by atomic mass is 9.66. The number of hydrogen-bond donors (Lipinski definition) is 0. The van der Waals surface area contributed by atoms with Crippen molar-refractivity contribution in [3.8, 4) is 0 Å². The minimum Gasteiger partial charge on any atom is -0.469 e. The standard InChI is InChI=1S/C23H29NO3/c1-27-23(26)19-15-9-8-14-18(19)20-21(16-10-4-2-5-11-16)24(22(20)25)17-12-6-3-7-13-17/h2,4-5,8,10-11,14,17-21H,3,6-7,9,12-13,15H2,1H3/t18-,19+,20-,21+/m1/s1. The molecule has 1 heterocycles. The Morgan fingerprint density at radius 3 is 2.52 bits per heavy atom. The van der Waals surface area contributed by atoms with Crippen molar-refractivity contribution in [3.05, 3.63) is 48.0 Å². The summed E-state index contributed by atoms with van der Waals surface area (Å²) in [6.45, 7) is 0. The predicted octanol–water partition coefficient (Wildman–Crippen LogP) is 4.27. The van der Waals surface area contributed by atoms with Gasteiger partial charge in [0.2, 0.25) is 5.91 Å². The van der Waals surface area contributed by atoms with Crippen molar-refractivity contribution in [2.45, 2.75) is 57.0 Å². The molecule has 4 nitrogen and oxygen atoms in total. The van der Waals surface area contributed by atoms with Crippen LogP contribution in [0.3, 0.4) is 0 Å². The molecule has 0 bridgehead atoms. The third-order valence-electron chi connectivity index (χ3n) is 6.67. The monoisotopic (exact) mass is 367 g/mol. The molecule has 4 atom stereocenters. The van der Waals surface area contributed by atoms with E-state index in [4.69, 9.17) is 4.74 Å². The second-order valence-electron chi connectivity index (χ2n) is 8.13. The van der Waals surface area contributed by atoms with Gasteiger partial charge in [-0.1, -0.05) is 61.7 Å². The number of rotatable bonds is 4. The zero-order valence-electron chi connectivity index (χ0n) is 16.0. The Labute approximate surface area is 161 Å². The molecule has 1 aliphatic heterocycles. The SMILES string of the molecule is COC(=O)[C@H]1CCC=C[C@H]1[C@H]1C(=O)N(C2CCCCC2)[C@H]1c1ccccc1. The van der Waals surface area contributed by atoms with Crippen LogP contribution in [0.4, 0.5) is 0 Å². The van der Waals surface area contributed by atoms with Gasteiger partial charge in [0.15, 0.2) is 0 Å². The maximum atomic E-state index is 13.3. The first-order chi connectivity index (χ1) is 13.2. The fourth-order valence-corrected chi connectivity index (χ4v) is 5.35. The average Bonchev–Trinajstić information content (AvgIpc) is 2.73. The maximum absolute atomic E-state index is 13.3. The lowest BCUT2D eigenvalue weighted by molar-refractivity contribution is -0.170. The van der Waals surface area contributed by atoms with E-state index in [1.165, 1.54) is 31.9 Å². The Bertz CT molecular complexity index is 708. The summed E-state index contributed by atoms with van der Waals surface area (Å²) in [5, 5.41) is 0. The van der Waals surface area contributed by atoms with Gasteiger partial charge in [-0.3, -0.25) is 9.59 Å². The van der Waals surface area contributed by atoms with Crippen LogP contribution < -0.4 is 0 Å². The van der Waals surface area contributed by atoms with Crippen LogP contribution in [0.2, 0.25) is 0 Å². The molecule has 3 aliphatic rings. The molecule has 1 saturated carbocycles. The highest BCUT2D eigenvalue weighted by Crippen LogP contribution is 2.51. The Morgan fingerprint density at radius 1 is 1.07 bits per heavy atom. The summed E-state index contributed by atoms with van der Waals surface area (Å²) in [5.74, 6) is -0.395. The molecule has 1 amide bonds. The quantitative estimate of drug-likeness (QED) is 0.453. The van der Waals surface area contributed by atoms with E-state index in [-0.39, 0.29) is 35.7 Å². The van der Waals surface area contributed by atoms with E-state index in [2.05, 4.69) is 29.2 Å². The van der Waals surface area contributed by atoms with Crippen molar-refractivity contribution in [1.82, 2.24) is 4.90 Å². The topological polar surface area (TPSA) is 46.6 Å². The Morgan fingerprint density at radius 2 is 1.81 bits per heavy atom. The zero-order valence-corrected chi connectivity index (χ0v) is 16.0. The first kappa shape index (κ1) is 18.3. The number of carbonyl (C=O) groups is 2. The van der Waals surface area contributed by atoms with Crippen molar-refractivity contribution in [3.63, 3.8) is 0 Å². The molecule has 0 N–H and O–H groups in total. The largest absolute Gasteiger partial charge is 0.469 e. The van der Waals surface area contributed by atoms with E-state index in [1.54, 1.807) is 0 Å². The van der Waals surface area contributed by atoms with Gasteiger partial charge in [0.05, 0.1) is 25.0 Å². The van der Waals surface area contributed by atoms with Crippen LogP contribution in [-0.2, 0) is 14.3 Å². The van der Waals surface area contributed by atoms with Crippen molar-refractivity contribution in [1.29, 1.82) is 0 Å². The Kier molecular flexibility index (Phi) is 5.33. The number of β-lactam (4-membered cyclic amide) rings is 1. The highest BCUT2D eigenvalue weighted by atomic mass is 16.5. The molecule has 27 heavy (non-hydrogen) atoms. The van der Waals surface area contributed by atoms with Crippen molar-refractivity contribution in [2.24, 2.45) is 17.8 Å². The highest BCUT2D eigenvalue weighted by molar-refractivity contribution is 5.88. The minimum atomic E-state index is -0.214. The molecule has 0 aromatic heterocycles. The van der Waals surface area contributed by atoms with E-state index in [1.807, 2.05) is 18.2 Å². The molecule has 144 valence electrons. The van der Waals surface area contributed by atoms with Gasteiger partial charge in [0.1, 0.15) is 0 Å². The average molecular weight is 367 g/mol. The molecular formula is C23H29NO3. The Balaban J connectivity index is 1.66. The number of benzene rings is 1. The van der Waals surface area contributed by atoms with Crippen molar-refractivity contribution in [2.75, 3.05) is 7.11 Å². The zero-order chi connectivity index (χ0) is 18.8. The van der Waals surface area contributed by atoms with Crippen LogP contribution in [0.15, 0.2) is 42.5 Å². The first-order valence-corrected chi connectivity index (χ1v) is 10.3. The molecule has 2 aliphatic carbocycles. The molecule has 1 aromatic rings. The van der Waals surface area contributed by atoms with Crippen molar-refractivity contribution >= 4 is 11.9 Å². The van der Waals surface area contributed by atoms with Crippen LogP contribution in [0.1, 0.15) is 56.6 Å². The van der Waals surface area contributed by atoms with Gasteiger partial charge in [0, 0.05) is 12.0 Å². The molecule has 0 spiro atoms. The summed E-state index contributed by atoms with van der Waals surface area (Å²) in [6, 6.07) is 10.8. The fraction of sp³-hybridized carbons (Fsp3) is 0.565. The summed E-state index contributed by atoms with van der Waals surface area (Å²) in [6.07, 6.45) is 11.7. The molecule has 4 heteroatoms. The lowest BCUT2D eigenvalue weighted by Gasteiger charge is -2.55. The first-order valence-electron chi connectivity index (χ1n) is 10.3. The van der Waals surface area contributed by atoms with Gasteiger partial charge >= 0.3 is 5.97 Å². The molecular weight excluding hydrogens is 338 g/mol. The number of amides is 1. The van der Waals surface area contributed by atoms with Gasteiger partial charge in [-0.2, -0.15) is 0 Å². The highest BCUT2D eigenvalue weighted by Gasteiger charge is 2.55. The molecule has 1 saturated heterocycles. The molecule has 0 unspecified atom stereocenters. The maximum Gasteiger partial charge on any atom is 0.309 e. The van der Waals surface area contributed by atoms with E-state index in [0.29, 0.717) is 6.04 Å². The van der Waals surface area contributed by atoms with Gasteiger partial charge < -0.3 is 9.64 Å². The number of nitrogens with zero attached hydrogens (tertiary/aromatic N) is 1. The fourth-order valence-electron chi connectivity index (χ4n) is 5.35. The van der Waals surface area contributed by atoms with Crippen LogP contribution >= 0.6 is 0 Å². The normalized spacial score (nSPS) is 31.4. The number of esters is 1. The van der Waals surface area contributed by atoms with Crippen LogP contribution in [0.25, 0.3) is 0 Å². The van der Waals surface area contributed by atoms with Gasteiger partial charge in [-0.15, -0.1) is 0 Å². The number of allylic oxidation sites excluding steroid dienone is 2. The summed E-state index contributed by atoms with van der Waals surface area (Å²) >= 11 is 0. The summed E-state index contributed by atoms with van der Waals surface area (Å²) in [4.78, 5) is 27.8. The van der Waals surface area contributed by atoms with E-state index < -0.39 is 0 Å². The van der Waals surface area contributed by atoms with Crippen LogP contribution in [0.5, 0.6) is 0 Å². The van der Waals surface area contributed by atoms with Crippen molar-refractivity contribution < 1.29 is 14.3 Å². The van der Waals surface area contributed by atoms with Gasteiger partial charge in [-0.25, -0.2) is 0 Å². The number of methoxy groups -OCH3 is 1. The summed E-state index contributed by atoms with van der Waals surface area (Å²) < 4.78 is 5.06. The third-order valence-corrected chi connectivity index (χ3v) is 6.67. The second kappa shape index (κ2) is 7.87. The molecule has 1 aromatic carbocycles. The molecule has 4 rings (SSSR count). The number of ether oxygens (including phenoxy) is 1. The molecule has 0 radical (unpaired) electrons. The van der Waals surface area contributed by atoms with E-state index in [9.17, 15) is 9.59 Å². The summed E-state index contributed by atoms with van der Waals surface area (Å²) in [5.41, 5.74) is 1.19. The van der Waals surface area contributed by atoms with Crippen LogP contribution in [-0.4, -0.2) is 29.9 Å². The number of likely N-dealkylation sites (tertiary alicyclic amines) is 1. The minimum absolute atomic E-state index is 0.0660. The summed E-state index contributed by atoms with van der Waals surface area (Å²) in [7, 11) is 1.45. The van der Waals surface area contributed by atoms with Crippen LogP contribution in [0, 0.1) is 17.8 Å². The van der Waals surface area contributed by atoms with Gasteiger partial charge in [0.25, 0.3) is 0 Å².